The molecular weight excluding hydrogens is 620 g/mol. The molecule has 0 aromatic rings. The van der Waals surface area contributed by atoms with Crippen molar-refractivity contribution in [2.45, 2.75) is 168 Å². The van der Waals surface area contributed by atoms with Gasteiger partial charge in [0.1, 0.15) is 23.3 Å². The number of rotatable bonds is 13. The molecule has 2 aliphatic rings. The molecule has 2 rings (SSSR count). The van der Waals surface area contributed by atoms with Crippen LogP contribution in [0.5, 0.6) is 0 Å². The summed E-state index contributed by atoms with van der Waals surface area (Å²) in [6, 6.07) is -3.05. The fourth-order valence-electron chi connectivity index (χ4n) is 6.08. The summed E-state index contributed by atoms with van der Waals surface area (Å²) >= 11 is 0. The molecule has 0 spiro atoms. The summed E-state index contributed by atoms with van der Waals surface area (Å²) in [5.74, 6) is -3.42. The van der Waals surface area contributed by atoms with Crippen LogP contribution in [-0.4, -0.2) is 94.6 Å². The Balaban J connectivity index is 2.27. The fraction of sp³-hybridized carbons (Fsp3) is 0.829. The zero-order valence-electron chi connectivity index (χ0n) is 30.8. The smallest absolute Gasteiger partial charge is 0.408 e. The molecule has 1 aliphatic heterocycles. The number of ketones is 1. The van der Waals surface area contributed by atoms with Crippen LogP contribution in [0.1, 0.15) is 127 Å². The normalized spacial score (nSPS) is 20.3. The number of Topliss-reactive ketones (excluding diaryl/α,β-unsaturated/α-hetero) is 1. The van der Waals surface area contributed by atoms with Gasteiger partial charge in [-0.05, 0) is 87.5 Å². The summed E-state index contributed by atoms with van der Waals surface area (Å²) in [4.78, 5) is 80.6. The highest BCUT2D eigenvalue weighted by atomic mass is 16.6. The van der Waals surface area contributed by atoms with Crippen LogP contribution in [0.4, 0.5) is 4.79 Å². The molecule has 48 heavy (non-hydrogen) atoms. The van der Waals surface area contributed by atoms with Gasteiger partial charge in [0.15, 0.2) is 0 Å². The summed E-state index contributed by atoms with van der Waals surface area (Å²) in [7, 11) is 0. The Hall–Kier alpha value is -3.22. The van der Waals surface area contributed by atoms with E-state index in [4.69, 9.17) is 14.2 Å². The van der Waals surface area contributed by atoms with E-state index < -0.39 is 76.6 Å². The molecule has 2 fully saturated rings. The van der Waals surface area contributed by atoms with E-state index in [0.29, 0.717) is 6.42 Å². The van der Waals surface area contributed by atoms with Gasteiger partial charge in [0, 0.05) is 19.5 Å². The van der Waals surface area contributed by atoms with Crippen LogP contribution < -0.4 is 16.0 Å². The minimum atomic E-state index is -1.14. The predicted octanol–water partition coefficient (Wildman–Crippen LogP) is 3.95. The van der Waals surface area contributed by atoms with E-state index in [2.05, 4.69) is 16.0 Å². The molecule has 1 saturated heterocycles. The van der Waals surface area contributed by atoms with Crippen molar-refractivity contribution in [1.82, 2.24) is 20.9 Å². The molecule has 0 aromatic heterocycles. The minimum absolute atomic E-state index is 0.101. The third kappa shape index (κ3) is 14.1. The van der Waals surface area contributed by atoms with Crippen LogP contribution in [0, 0.1) is 5.92 Å². The Morgan fingerprint density at radius 3 is 1.96 bits per heavy atom. The van der Waals surface area contributed by atoms with Gasteiger partial charge in [-0.1, -0.05) is 32.6 Å². The number of hydrogen-bond donors (Lipinski definition) is 3. The maximum absolute atomic E-state index is 14.3. The lowest BCUT2D eigenvalue weighted by Gasteiger charge is -2.35. The third-order valence-corrected chi connectivity index (χ3v) is 7.90. The molecule has 0 aromatic carbocycles. The number of esters is 1. The van der Waals surface area contributed by atoms with E-state index in [1.54, 1.807) is 41.5 Å². The quantitative estimate of drug-likeness (QED) is 0.193. The van der Waals surface area contributed by atoms with E-state index in [-0.39, 0.29) is 38.3 Å². The Morgan fingerprint density at radius 1 is 0.812 bits per heavy atom. The molecule has 0 radical (unpaired) electrons. The molecule has 13 heteroatoms. The first-order chi connectivity index (χ1) is 22.1. The van der Waals surface area contributed by atoms with Gasteiger partial charge in [0.25, 0.3) is 5.91 Å². The summed E-state index contributed by atoms with van der Waals surface area (Å²) in [5, 5.41) is 7.99. The molecule has 1 heterocycles. The number of nitrogens with one attached hydrogen (secondary N) is 3. The first kappa shape index (κ1) is 41.0. The Morgan fingerprint density at radius 2 is 1.42 bits per heavy atom. The van der Waals surface area contributed by atoms with Gasteiger partial charge in [-0.3, -0.25) is 24.0 Å². The van der Waals surface area contributed by atoms with Crippen molar-refractivity contribution < 1.29 is 43.0 Å². The molecule has 13 nitrogen and oxygen atoms in total. The van der Waals surface area contributed by atoms with Gasteiger partial charge >= 0.3 is 12.1 Å². The van der Waals surface area contributed by atoms with Crippen molar-refractivity contribution in [3.05, 3.63) is 0 Å². The Kier molecular flexibility index (Phi) is 14.9. The van der Waals surface area contributed by atoms with Gasteiger partial charge in [0.2, 0.25) is 17.6 Å². The monoisotopic (exact) mass is 680 g/mol. The number of carbonyl (C=O) groups excluding carboxylic acids is 6. The topological polar surface area (TPSA) is 169 Å². The molecule has 2 unspecified atom stereocenters. The van der Waals surface area contributed by atoms with Gasteiger partial charge in [-0.15, -0.1) is 0 Å². The SMILES string of the molecule is CCCC(NC(=O)[C@@H]1CC(OC(C)(C)C)CN1C(=O)[C@@H](NC(=O)OC(C)(C)C)C1CCCCC1)C(=O)C(=O)NCCC(=O)OC(C)(C)C. The molecule has 3 N–H and O–H groups in total. The van der Waals surface area contributed by atoms with E-state index in [1.807, 2.05) is 27.7 Å². The van der Waals surface area contributed by atoms with Crippen molar-refractivity contribution in [2.24, 2.45) is 5.92 Å². The first-order valence-electron chi connectivity index (χ1n) is 17.4. The first-order valence-corrected chi connectivity index (χ1v) is 17.4. The molecular formula is C35H60N4O9. The van der Waals surface area contributed by atoms with Crippen molar-refractivity contribution in [3.8, 4) is 0 Å². The third-order valence-electron chi connectivity index (χ3n) is 7.90. The molecule has 274 valence electrons. The maximum Gasteiger partial charge on any atom is 0.408 e. The maximum atomic E-state index is 14.3. The second-order valence-corrected chi connectivity index (χ2v) is 15.9. The number of likely N-dealkylation sites (tertiary alicyclic amines) is 1. The van der Waals surface area contributed by atoms with Crippen LogP contribution in [0.2, 0.25) is 0 Å². The van der Waals surface area contributed by atoms with Crippen molar-refractivity contribution in [1.29, 1.82) is 0 Å². The second kappa shape index (κ2) is 17.4. The largest absolute Gasteiger partial charge is 0.460 e. The molecule has 0 bridgehead atoms. The summed E-state index contributed by atoms with van der Waals surface area (Å²) in [6.45, 7) is 17.9. The predicted molar refractivity (Wildman–Crippen MR) is 180 cm³/mol. The van der Waals surface area contributed by atoms with Crippen LogP contribution in [0.15, 0.2) is 0 Å². The molecule has 1 saturated carbocycles. The van der Waals surface area contributed by atoms with Gasteiger partial charge in [-0.25, -0.2) is 4.79 Å². The van der Waals surface area contributed by atoms with Crippen LogP contribution in [0.3, 0.4) is 0 Å². The number of carbonyl (C=O) groups is 6. The molecule has 4 amide bonds. The number of nitrogens with zero attached hydrogens (tertiary/aromatic N) is 1. The van der Waals surface area contributed by atoms with Crippen LogP contribution in [-0.2, 0) is 38.2 Å². The lowest BCUT2D eigenvalue weighted by molar-refractivity contribution is -0.154. The molecule has 4 atom stereocenters. The lowest BCUT2D eigenvalue weighted by atomic mass is 9.83. The zero-order valence-corrected chi connectivity index (χ0v) is 30.8. The fourth-order valence-corrected chi connectivity index (χ4v) is 6.08. The van der Waals surface area contributed by atoms with E-state index in [1.165, 1.54) is 4.90 Å². The number of hydrogen-bond acceptors (Lipinski definition) is 9. The summed E-state index contributed by atoms with van der Waals surface area (Å²) in [6.07, 6.45) is 3.94. The number of ether oxygens (including phenoxy) is 3. The van der Waals surface area contributed by atoms with Gasteiger partial charge in [0.05, 0.1) is 24.2 Å². The van der Waals surface area contributed by atoms with Crippen molar-refractivity contribution >= 4 is 35.6 Å². The average molecular weight is 681 g/mol. The van der Waals surface area contributed by atoms with Crippen LogP contribution in [0.25, 0.3) is 0 Å². The van der Waals surface area contributed by atoms with Crippen molar-refractivity contribution in [3.63, 3.8) is 0 Å². The lowest BCUT2D eigenvalue weighted by Crippen LogP contribution is -2.58. The van der Waals surface area contributed by atoms with E-state index in [0.717, 1.165) is 32.1 Å². The van der Waals surface area contributed by atoms with Crippen molar-refractivity contribution in [2.75, 3.05) is 13.1 Å². The Bertz CT molecular complexity index is 1150. The highest BCUT2D eigenvalue weighted by molar-refractivity contribution is 6.38. The minimum Gasteiger partial charge on any atom is -0.460 e. The number of amides is 4. The van der Waals surface area contributed by atoms with E-state index in [9.17, 15) is 28.8 Å². The summed E-state index contributed by atoms with van der Waals surface area (Å²) in [5.41, 5.74) is -2.00. The summed E-state index contributed by atoms with van der Waals surface area (Å²) < 4.78 is 16.9. The number of alkyl carbamates (subject to hydrolysis) is 1. The van der Waals surface area contributed by atoms with E-state index >= 15 is 0 Å². The second-order valence-electron chi connectivity index (χ2n) is 15.9. The van der Waals surface area contributed by atoms with Crippen LogP contribution >= 0.6 is 0 Å². The standard InChI is InChI=1S/C35H60N4O9/c1-11-15-24(28(41)30(43)36-19-18-26(40)47-34(5,6)7)37-29(42)25-20-23(46-33(2,3)4)21-39(25)31(44)27(22-16-13-12-14-17-22)38-32(45)48-35(8,9)10/h22-25,27H,11-21H2,1-10H3,(H,36,43)(H,37,42)(H,38,45)/t23?,24?,25-,27-/m0/s1. The van der Waals surface area contributed by atoms with Gasteiger partial charge in [-0.2, -0.15) is 0 Å². The highest BCUT2D eigenvalue weighted by Gasteiger charge is 2.46. The highest BCUT2D eigenvalue weighted by Crippen LogP contribution is 2.31. The Labute approximate surface area is 286 Å². The zero-order chi connectivity index (χ0) is 36.4. The van der Waals surface area contributed by atoms with Gasteiger partial charge < -0.3 is 35.1 Å². The average Bonchev–Trinajstić information content (AvgIpc) is 3.35. The molecule has 1 aliphatic carbocycles.